The van der Waals surface area contributed by atoms with Crippen LogP contribution in [0.5, 0.6) is 0 Å². The number of alkyl carbamates (subject to hydrolysis) is 1. The number of aliphatic hydroxyl groups excluding tert-OH is 1. The van der Waals surface area contributed by atoms with Crippen LogP contribution >= 0.6 is 0 Å². The van der Waals surface area contributed by atoms with Gasteiger partial charge in [0.05, 0.1) is 13.0 Å². The molecule has 0 saturated carbocycles. The van der Waals surface area contributed by atoms with Crippen molar-refractivity contribution >= 4 is 18.0 Å². The summed E-state index contributed by atoms with van der Waals surface area (Å²) in [6, 6.07) is 13.4. The van der Waals surface area contributed by atoms with Crippen LogP contribution in [0.15, 0.2) is 48.5 Å². The maximum atomic E-state index is 12.4. The Morgan fingerprint density at radius 2 is 1.55 bits per heavy atom. The number of nitrogens with one attached hydrogen (secondary N) is 2. The molecule has 0 aliphatic heterocycles. The van der Waals surface area contributed by atoms with E-state index in [0.717, 1.165) is 22.3 Å². The first kappa shape index (κ1) is 24.1. The summed E-state index contributed by atoms with van der Waals surface area (Å²) in [5, 5.41) is 21.8. The van der Waals surface area contributed by atoms with Crippen LogP contribution in [0.1, 0.15) is 23.5 Å². The number of ether oxygens (including phenoxy) is 1. The Morgan fingerprint density at radius 1 is 1.00 bits per heavy atom. The molecule has 2 aromatic rings. The largest absolute Gasteiger partial charge is 0.481 e. The summed E-state index contributed by atoms with van der Waals surface area (Å²) in [7, 11) is 0. The topological polar surface area (TPSA) is 125 Å². The second-order valence-corrected chi connectivity index (χ2v) is 7.42. The minimum absolute atomic E-state index is 0.103. The Hall–Kier alpha value is -3.60. The standard InChI is InChI=1S/C22H21F3N2O6/c23-22(24,25)18(28)10-26-20(31)17(9-19(29)30)27-21(32)33-11-16-14-7-3-1-5-12(14)13-6-2-4-8-15(13)16/h1-8,16-18,28H,9-11H2,(H,26,31)(H,27,32)(H,29,30). The van der Waals surface area contributed by atoms with Crippen molar-refractivity contribution in [2.45, 2.75) is 30.7 Å². The first-order valence-electron chi connectivity index (χ1n) is 9.93. The Labute approximate surface area is 186 Å². The third-order valence-corrected chi connectivity index (χ3v) is 5.18. The van der Waals surface area contributed by atoms with Gasteiger partial charge in [-0.1, -0.05) is 48.5 Å². The molecule has 1 aliphatic rings. The average Bonchev–Trinajstić information content (AvgIpc) is 3.08. The number of carboxylic acids is 1. The number of alkyl halides is 3. The molecule has 0 aromatic heterocycles. The van der Waals surface area contributed by atoms with E-state index in [9.17, 15) is 27.6 Å². The number of carbonyl (C=O) groups is 3. The number of amides is 2. The number of aliphatic hydroxyl groups is 1. The van der Waals surface area contributed by atoms with E-state index >= 15 is 0 Å². The molecular formula is C22H21F3N2O6. The lowest BCUT2D eigenvalue weighted by Gasteiger charge is -2.20. The van der Waals surface area contributed by atoms with Gasteiger partial charge in [-0.3, -0.25) is 9.59 Å². The van der Waals surface area contributed by atoms with Gasteiger partial charge in [-0.05, 0) is 22.3 Å². The molecule has 3 rings (SSSR count). The van der Waals surface area contributed by atoms with Crippen LogP contribution in [-0.4, -0.2) is 59.7 Å². The maximum absolute atomic E-state index is 12.4. The second kappa shape index (κ2) is 9.90. The molecule has 2 atom stereocenters. The molecule has 0 spiro atoms. The molecule has 0 heterocycles. The Balaban J connectivity index is 1.63. The van der Waals surface area contributed by atoms with E-state index in [-0.39, 0.29) is 12.5 Å². The van der Waals surface area contributed by atoms with Crippen LogP contribution in [0.3, 0.4) is 0 Å². The van der Waals surface area contributed by atoms with Gasteiger partial charge in [0, 0.05) is 5.92 Å². The van der Waals surface area contributed by atoms with Crippen LogP contribution in [0.25, 0.3) is 11.1 Å². The first-order valence-corrected chi connectivity index (χ1v) is 9.93. The fourth-order valence-electron chi connectivity index (χ4n) is 3.60. The number of rotatable bonds is 8. The van der Waals surface area contributed by atoms with Gasteiger partial charge in [0.2, 0.25) is 5.91 Å². The number of carbonyl (C=O) groups excluding carboxylic acids is 2. The molecule has 0 fully saturated rings. The van der Waals surface area contributed by atoms with E-state index < -0.39 is 49.3 Å². The number of carboxylic acid groups (broad SMARTS) is 1. The summed E-state index contributed by atoms with van der Waals surface area (Å²) >= 11 is 0. The zero-order chi connectivity index (χ0) is 24.2. The summed E-state index contributed by atoms with van der Waals surface area (Å²) in [5.41, 5.74) is 3.86. The molecule has 0 bridgehead atoms. The molecule has 2 unspecified atom stereocenters. The average molecular weight is 466 g/mol. The van der Waals surface area contributed by atoms with Gasteiger partial charge in [-0.15, -0.1) is 0 Å². The minimum atomic E-state index is -4.96. The second-order valence-electron chi connectivity index (χ2n) is 7.42. The molecule has 2 amide bonds. The van der Waals surface area contributed by atoms with E-state index in [1.165, 1.54) is 0 Å². The van der Waals surface area contributed by atoms with E-state index in [1.54, 1.807) is 5.32 Å². The van der Waals surface area contributed by atoms with Gasteiger partial charge in [-0.2, -0.15) is 13.2 Å². The zero-order valence-corrected chi connectivity index (χ0v) is 17.1. The number of aliphatic carboxylic acids is 1. The van der Waals surface area contributed by atoms with Crippen LogP contribution in [0.2, 0.25) is 0 Å². The van der Waals surface area contributed by atoms with Crippen molar-refractivity contribution in [3.8, 4) is 11.1 Å². The predicted molar refractivity (Wildman–Crippen MR) is 109 cm³/mol. The first-order chi connectivity index (χ1) is 15.6. The smallest absolute Gasteiger partial charge is 0.416 e. The quantitative estimate of drug-likeness (QED) is 0.474. The van der Waals surface area contributed by atoms with Crippen LogP contribution in [-0.2, 0) is 14.3 Å². The third-order valence-electron chi connectivity index (χ3n) is 5.18. The molecule has 176 valence electrons. The fraction of sp³-hybridized carbons (Fsp3) is 0.318. The molecule has 2 aromatic carbocycles. The molecule has 11 heteroatoms. The van der Waals surface area contributed by atoms with E-state index in [1.807, 2.05) is 48.5 Å². The lowest BCUT2D eigenvalue weighted by molar-refractivity contribution is -0.201. The summed E-state index contributed by atoms with van der Waals surface area (Å²) in [6.07, 6.45) is -9.79. The highest BCUT2D eigenvalue weighted by molar-refractivity contribution is 5.89. The van der Waals surface area contributed by atoms with E-state index in [4.69, 9.17) is 14.9 Å². The number of hydrogen-bond acceptors (Lipinski definition) is 5. The Morgan fingerprint density at radius 3 is 2.06 bits per heavy atom. The lowest BCUT2D eigenvalue weighted by Crippen LogP contribution is -2.51. The van der Waals surface area contributed by atoms with Crippen molar-refractivity contribution in [1.29, 1.82) is 0 Å². The van der Waals surface area contributed by atoms with Gasteiger partial charge in [0.15, 0.2) is 6.10 Å². The van der Waals surface area contributed by atoms with E-state index in [2.05, 4.69) is 5.32 Å². The molecule has 8 nitrogen and oxygen atoms in total. The maximum Gasteiger partial charge on any atom is 0.416 e. The van der Waals surface area contributed by atoms with Crippen molar-refractivity contribution < 1.29 is 42.5 Å². The Kier molecular flexibility index (Phi) is 7.22. The van der Waals surface area contributed by atoms with Crippen LogP contribution < -0.4 is 10.6 Å². The van der Waals surface area contributed by atoms with Crippen molar-refractivity contribution in [3.05, 3.63) is 59.7 Å². The van der Waals surface area contributed by atoms with Gasteiger partial charge >= 0.3 is 18.2 Å². The van der Waals surface area contributed by atoms with Gasteiger partial charge in [0.1, 0.15) is 12.6 Å². The molecule has 0 saturated heterocycles. The lowest BCUT2D eigenvalue weighted by atomic mass is 9.98. The summed E-state index contributed by atoms with van der Waals surface area (Å²) < 4.78 is 42.4. The van der Waals surface area contributed by atoms with Crippen molar-refractivity contribution in [1.82, 2.24) is 10.6 Å². The molecule has 1 aliphatic carbocycles. The third kappa shape index (κ3) is 5.80. The van der Waals surface area contributed by atoms with Gasteiger partial charge < -0.3 is 25.6 Å². The zero-order valence-electron chi connectivity index (χ0n) is 17.1. The molecule has 4 N–H and O–H groups in total. The van der Waals surface area contributed by atoms with Crippen molar-refractivity contribution in [2.75, 3.05) is 13.2 Å². The predicted octanol–water partition coefficient (Wildman–Crippen LogP) is 2.41. The number of halogens is 3. The number of hydrogen-bond donors (Lipinski definition) is 4. The minimum Gasteiger partial charge on any atom is -0.481 e. The molecule has 0 radical (unpaired) electrons. The number of benzene rings is 2. The molecule has 33 heavy (non-hydrogen) atoms. The normalized spacial score (nSPS) is 14.5. The van der Waals surface area contributed by atoms with Crippen molar-refractivity contribution in [2.24, 2.45) is 0 Å². The monoisotopic (exact) mass is 466 g/mol. The van der Waals surface area contributed by atoms with Gasteiger partial charge in [0.25, 0.3) is 0 Å². The SMILES string of the molecule is O=C(O)CC(NC(=O)OCC1c2ccccc2-c2ccccc21)C(=O)NCC(O)C(F)(F)F. The van der Waals surface area contributed by atoms with Gasteiger partial charge in [-0.25, -0.2) is 4.79 Å². The fourth-order valence-corrected chi connectivity index (χ4v) is 3.60. The van der Waals surface area contributed by atoms with Crippen molar-refractivity contribution in [3.63, 3.8) is 0 Å². The molecular weight excluding hydrogens is 445 g/mol. The number of fused-ring (bicyclic) bond motifs is 3. The highest BCUT2D eigenvalue weighted by Gasteiger charge is 2.39. The highest BCUT2D eigenvalue weighted by atomic mass is 19.4. The summed E-state index contributed by atoms with van der Waals surface area (Å²) in [6.45, 7) is -1.29. The van der Waals surface area contributed by atoms with E-state index in [0.29, 0.717) is 0 Å². The highest BCUT2D eigenvalue weighted by Crippen LogP contribution is 2.44. The summed E-state index contributed by atoms with van der Waals surface area (Å²) in [5.74, 6) is -2.95. The Bertz CT molecular complexity index is 997. The van der Waals surface area contributed by atoms with Crippen LogP contribution in [0.4, 0.5) is 18.0 Å². The van der Waals surface area contributed by atoms with Crippen LogP contribution in [0, 0.1) is 0 Å². The summed E-state index contributed by atoms with van der Waals surface area (Å²) in [4.78, 5) is 35.4.